The van der Waals surface area contributed by atoms with E-state index in [1.165, 1.54) is 104 Å². The summed E-state index contributed by atoms with van der Waals surface area (Å²) in [6.07, 6.45) is 17.2. The van der Waals surface area contributed by atoms with Gasteiger partial charge in [0.15, 0.2) is 0 Å². The van der Waals surface area contributed by atoms with Crippen LogP contribution in [0.25, 0.3) is 20.2 Å². The number of ether oxygens (including phenoxy) is 1. The molecular formula is C26H38OS2. The van der Waals surface area contributed by atoms with Crippen LogP contribution in [-0.2, 0) is 6.42 Å². The van der Waals surface area contributed by atoms with Crippen LogP contribution in [0.3, 0.4) is 0 Å². The van der Waals surface area contributed by atoms with Crippen molar-refractivity contribution in [2.75, 3.05) is 6.61 Å². The molecule has 3 heteroatoms. The van der Waals surface area contributed by atoms with Crippen LogP contribution in [0.1, 0.15) is 96.5 Å². The van der Waals surface area contributed by atoms with Crippen molar-refractivity contribution >= 4 is 42.8 Å². The normalized spacial score (nSPS) is 11.7. The van der Waals surface area contributed by atoms with Crippen LogP contribution in [0.15, 0.2) is 22.9 Å². The summed E-state index contributed by atoms with van der Waals surface area (Å²) < 4.78 is 9.22. The summed E-state index contributed by atoms with van der Waals surface area (Å²) in [7, 11) is 0. The van der Waals surface area contributed by atoms with Gasteiger partial charge in [0.2, 0.25) is 0 Å². The van der Waals surface area contributed by atoms with E-state index in [1.54, 1.807) is 5.56 Å². The second kappa shape index (κ2) is 12.6. The molecule has 2 heterocycles. The van der Waals surface area contributed by atoms with E-state index in [9.17, 15) is 0 Å². The molecule has 0 unspecified atom stereocenters. The summed E-state index contributed by atoms with van der Waals surface area (Å²) in [5.41, 5.74) is 1.56. The fraction of sp³-hybridized carbons (Fsp3) is 0.615. The zero-order valence-corrected chi connectivity index (χ0v) is 20.1. The highest BCUT2D eigenvalue weighted by Crippen LogP contribution is 2.44. The monoisotopic (exact) mass is 430 g/mol. The van der Waals surface area contributed by atoms with Crippen LogP contribution in [0, 0.1) is 0 Å². The SMILES string of the molecule is CCCCCCCCOc1c2ccsc2c(CCCCCCCC)c2ccsc12. The maximum atomic E-state index is 6.40. The lowest BCUT2D eigenvalue weighted by Crippen LogP contribution is -1.99. The Morgan fingerprint density at radius 1 is 0.655 bits per heavy atom. The third kappa shape index (κ3) is 6.21. The van der Waals surface area contributed by atoms with E-state index in [0.717, 1.165) is 12.4 Å². The number of hydrogen-bond donors (Lipinski definition) is 0. The molecule has 3 rings (SSSR count). The van der Waals surface area contributed by atoms with E-state index in [4.69, 9.17) is 4.74 Å². The Labute approximate surface area is 185 Å². The fourth-order valence-corrected chi connectivity index (χ4v) is 6.14. The maximum Gasteiger partial charge on any atom is 0.145 e. The average Bonchev–Trinajstić information content (AvgIpc) is 3.40. The molecular weight excluding hydrogens is 392 g/mol. The molecule has 0 aliphatic carbocycles. The number of aryl methyl sites for hydroxylation is 1. The molecule has 0 fully saturated rings. The van der Waals surface area contributed by atoms with Crippen LogP contribution >= 0.6 is 22.7 Å². The third-order valence-electron chi connectivity index (χ3n) is 5.91. The minimum Gasteiger partial charge on any atom is -0.491 e. The van der Waals surface area contributed by atoms with Gasteiger partial charge in [-0.05, 0) is 47.7 Å². The Kier molecular flexibility index (Phi) is 9.82. The van der Waals surface area contributed by atoms with E-state index < -0.39 is 0 Å². The Balaban J connectivity index is 1.65. The summed E-state index contributed by atoms with van der Waals surface area (Å²) in [6, 6.07) is 4.60. The minimum atomic E-state index is 0.848. The van der Waals surface area contributed by atoms with Crippen molar-refractivity contribution in [2.24, 2.45) is 0 Å². The fourth-order valence-electron chi connectivity index (χ4n) is 4.22. The van der Waals surface area contributed by atoms with Crippen molar-refractivity contribution in [1.82, 2.24) is 0 Å². The molecule has 0 aliphatic rings. The van der Waals surface area contributed by atoms with Crippen molar-refractivity contribution in [3.05, 3.63) is 28.5 Å². The molecule has 0 aliphatic heterocycles. The summed E-state index contributed by atoms with van der Waals surface area (Å²) >= 11 is 3.75. The molecule has 2 aromatic heterocycles. The van der Waals surface area contributed by atoms with Gasteiger partial charge < -0.3 is 4.74 Å². The number of hydrogen-bond acceptors (Lipinski definition) is 3. The molecule has 3 aromatic rings. The number of benzene rings is 1. The van der Waals surface area contributed by atoms with Crippen molar-refractivity contribution in [1.29, 1.82) is 0 Å². The van der Waals surface area contributed by atoms with Crippen molar-refractivity contribution in [3.8, 4) is 5.75 Å². The Hall–Kier alpha value is -1.06. The van der Waals surface area contributed by atoms with Crippen molar-refractivity contribution in [3.63, 3.8) is 0 Å². The molecule has 0 saturated carbocycles. The molecule has 0 bridgehead atoms. The lowest BCUT2D eigenvalue weighted by atomic mass is 10.0. The molecule has 0 spiro atoms. The molecule has 1 nitrogen and oxygen atoms in total. The maximum absolute atomic E-state index is 6.40. The quantitative estimate of drug-likeness (QED) is 0.218. The smallest absolute Gasteiger partial charge is 0.145 e. The summed E-state index contributed by atoms with van der Waals surface area (Å²) in [5, 5.41) is 7.28. The predicted molar refractivity (Wildman–Crippen MR) is 133 cm³/mol. The van der Waals surface area contributed by atoms with Crippen LogP contribution in [0.2, 0.25) is 0 Å². The molecule has 0 N–H and O–H groups in total. The van der Waals surface area contributed by atoms with Crippen LogP contribution in [0.4, 0.5) is 0 Å². The standard InChI is InChI=1S/C26H38OS2/c1-3-5-7-9-11-13-15-21-22-16-19-29-26(22)24(23-17-20-28-25(21)23)27-18-14-12-10-8-6-4-2/h16-17,19-20H,3-15,18H2,1-2H3. The zero-order chi connectivity index (χ0) is 20.3. The number of rotatable bonds is 15. The summed E-state index contributed by atoms with van der Waals surface area (Å²) in [6.45, 7) is 5.41. The first-order valence-corrected chi connectivity index (χ1v) is 13.6. The van der Waals surface area contributed by atoms with Crippen LogP contribution in [-0.4, -0.2) is 6.61 Å². The first-order valence-electron chi connectivity index (χ1n) is 11.9. The van der Waals surface area contributed by atoms with Crippen LogP contribution < -0.4 is 4.74 Å². The lowest BCUT2D eigenvalue weighted by molar-refractivity contribution is 0.311. The summed E-state index contributed by atoms with van der Waals surface area (Å²) in [5.74, 6) is 1.14. The number of thiophene rings is 2. The van der Waals surface area contributed by atoms with E-state index in [-0.39, 0.29) is 0 Å². The number of unbranched alkanes of at least 4 members (excludes halogenated alkanes) is 10. The molecule has 0 radical (unpaired) electrons. The van der Waals surface area contributed by atoms with E-state index >= 15 is 0 Å². The second-order valence-electron chi connectivity index (χ2n) is 8.27. The van der Waals surface area contributed by atoms with Crippen LogP contribution in [0.5, 0.6) is 5.75 Å². The molecule has 160 valence electrons. The average molecular weight is 431 g/mol. The molecule has 1 aromatic carbocycles. The second-order valence-corrected chi connectivity index (χ2v) is 10.1. The van der Waals surface area contributed by atoms with E-state index in [1.807, 2.05) is 22.7 Å². The Bertz CT molecular complexity index is 793. The van der Waals surface area contributed by atoms with Gasteiger partial charge in [0.05, 0.1) is 11.3 Å². The first-order chi connectivity index (χ1) is 14.4. The first kappa shape index (κ1) is 22.6. The van der Waals surface area contributed by atoms with Crippen molar-refractivity contribution < 1.29 is 4.74 Å². The van der Waals surface area contributed by atoms with Crippen molar-refractivity contribution in [2.45, 2.75) is 97.3 Å². The van der Waals surface area contributed by atoms with Gasteiger partial charge in [-0.3, -0.25) is 0 Å². The highest BCUT2D eigenvalue weighted by Gasteiger charge is 2.17. The molecule has 0 atom stereocenters. The van der Waals surface area contributed by atoms with Gasteiger partial charge in [-0.15, -0.1) is 22.7 Å². The Morgan fingerprint density at radius 2 is 1.24 bits per heavy atom. The lowest BCUT2D eigenvalue weighted by Gasteiger charge is -2.13. The van der Waals surface area contributed by atoms with Gasteiger partial charge in [-0.1, -0.05) is 78.1 Å². The zero-order valence-electron chi connectivity index (χ0n) is 18.4. The summed E-state index contributed by atoms with van der Waals surface area (Å²) in [4.78, 5) is 0. The molecule has 0 saturated heterocycles. The van der Waals surface area contributed by atoms with Gasteiger partial charge in [-0.2, -0.15) is 0 Å². The van der Waals surface area contributed by atoms with Gasteiger partial charge >= 0.3 is 0 Å². The van der Waals surface area contributed by atoms with Gasteiger partial charge in [-0.25, -0.2) is 0 Å². The van der Waals surface area contributed by atoms with Gasteiger partial charge in [0.25, 0.3) is 0 Å². The van der Waals surface area contributed by atoms with E-state index in [2.05, 4.69) is 36.7 Å². The minimum absolute atomic E-state index is 0.848. The highest BCUT2D eigenvalue weighted by atomic mass is 32.1. The van der Waals surface area contributed by atoms with Gasteiger partial charge in [0.1, 0.15) is 5.75 Å². The number of fused-ring (bicyclic) bond motifs is 2. The van der Waals surface area contributed by atoms with Gasteiger partial charge in [0, 0.05) is 15.5 Å². The molecule has 29 heavy (non-hydrogen) atoms. The molecule has 0 amide bonds. The van der Waals surface area contributed by atoms with E-state index in [0.29, 0.717) is 0 Å². The predicted octanol–water partition coefficient (Wildman–Crippen LogP) is 9.76. The largest absolute Gasteiger partial charge is 0.491 e. The topological polar surface area (TPSA) is 9.23 Å². The highest BCUT2D eigenvalue weighted by molar-refractivity contribution is 7.19. The Morgan fingerprint density at radius 3 is 1.97 bits per heavy atom. The third-order valence-corrected chi connectivity index (χ3v) is 7.79.